The third-order valence-corrected chi connectivity index (χ3v) is 3.13. The second-order valence-electron chi connectivity index (χ2n) is 5.35. The molecule has 0 bridgehead atoms. The molecule has 1 aliphatic rings. The summed E-state index contributed by atoms with van der Waals surface area (Å²) in [5.74, 6) is 0.315. The van der Waals surface area contributed by atoms with Crippen molar-refractivity contribution in [3.63, 3.8) is 0 Å². The zero-order valence-corrected chi connectivity index (χ0v) is 10.3. The molecule has 1 amide bonds. The summed E-state index contributed by atoms with van der Waals surface area (Å²) < 4.78 is 0. The van der Waals surface area contributed by atoms with E-state index in [1.807, 2.05) is 0 Å². The summed E-state index contributed by atoms with van der Waals surface area (Å²) in [6, 6.07) is 0. The van der Waals surface area contributed by atoms with Crippen molar-refractivity contribution in [2.24, 2.45) is 11.3 Å². The van der Waals surface area contributed by atoms with Crippen LogP contribution < -0.4 is 5.32 Å². The van der Waals surface area contributed by atoms with Gasteiger partial charge in [0.2, 0.25) is 5.91 Å². The Morgan fingerprint density at radius 2 is 2.06 bits per heavy atom. The van der Waals surface area contributed by atoms with E-state index >= 15 is 0 Å². The summed E-state index contributed by atoms with van der Waals surface area (Å²) in [5, 5.41) is 11.8. The molecule has 3 heteroatoms. The Labute approximate surface area is 97.9 Å². The highest BCUT2D eigenvalue weighted by molar-refractivity contribution is 5.79. The predicted molar refractivity (Wildman–Crippen MR) is 65.0 cm³/mol. The molecule has 0 saturated heterocycles. The fraction of sp³-hybridized carbons (Fsp3) is 0.769. The minimum absolute atomic E-state index is 0.0738. The standard InChI is InChI=1S/C13H23NO2/c1-13(2,8-5-9-15)10-14-12(16)11-6-3-4-7-11/h3-4,11,15H,5-10H2,1-2H3,(H,14,16). The van der Waals surface area contributed by atoms with E-state index in [1.54, 1.807) is 0 Å². The van der Waals surface area contributed by atoms with E-state index in [1.165, 1.54) is 0 Å². The highest BCUT2D eigenvalue weighted by atomic mass is 16.2. The minimum Gasteiger partial charge on any atom is -0.396 e. The average molecular weight is 225 g/mol. The number of carbonyl (C=O) groups excluding carboxylic acids is 1. The zero-order chi connectivity index (χ0) is 12.0. The van der Waals surface area contributed by atoms with Gasteiger partial charge in [-0.2, -0.15) is 0 Å². The van der Waals surface area contributed by atoms with Crippen molar-refractivity contribution < 1.29 is 9.90 Å². The summed E-state index contributed by atoms with van der Waals surface area (Å²) in [7, 11) is 0. The number of nitrogens with one attached hydrogen (secondary N) is 1. The molecule has 0 atom stereocenters. The average Bonchev–Trinajstić information content (AvgIpc) is 2.77. The van der Waals surface area contributed by atoms with E-state index in [9.17, 15) is 4.79 Å². The van der Waals surface area contributed by atoms with Crippen molar-refractivity contribution in [3.05, 3.63) is 12.2 Å². The number of rotatable bonds is 6. The van der Waals surface area contributed by atoms with Gasteiger partial charge in [0.25, 0.3) is 0 Å². The third kappa shape index (κ3) is 4.35. The van der Waals surface area contributed by atoms with Crippen LogP contribution in [0, 0.1) is 11.3 Å². The van der Waals surface area contributed by atoms with Crippen LogP contribution in [0.2, 0.25) is 0 Å². The van der Waals surface area contributed by atoms with Crippen molar-refractivity contribution in [1.29, 1.82) is 0 Å². The smallest absolute Gasteiger partial charge is 0.223 e. The summed E-state index contributed by atoms with van der Waals surface area (Å²) in [4.78, 5) is 11.8. The van der Waals surface area contributed by atoms with E-state index in [-0.39, 0.29) is 23.8 Å². The molecule has 1 aliphatic carbocycles. The quantitative estimate of drug-likeness (QED) is 0.678. The highest BCUT2D eigenvalue weighted by Gasteiger charge is 2.22. The number of amides is 1. The Hall–Kier alpha value is -0.830. The van der Waals surface area contributed by atoms with E-state index < -0.39 is 0 Å². The number of aliphatic hydroxyl groups excluding tert-OH is 1. The van der Waals surface area contributed by atoms with Crippen molar-refractivity contribution in [2.45, 2.75) is 39.5 Å². The fourth-order valence-corrected chi connectivity index (χ4v) is 1.95. The van der Waals surface area contributed by atoms with Crippen LogP contribution >= 0.6 is 0 Å². The van der Waals surface area contributed by atoms with Crippen LogP contribution in [-0.2, 0) is 4.79 Å². The van der Waals surface area contributed by atoms with Gasteiger partial charge in [-0.15, -0.1) is 0 Å². The van der Waals surface area contributed by atoms with Crippen LogP contribution in [0.15, 0.2) is 12.2 Å². The molecular formula is C13H23NO2. The largest absolute Gasteiger partial charge is 0.396 e. The van der Waals surface area contributed by atoms with Crippen LogP contribution in [-0.4, -0.2) is 24.2 Å². The molecule has 0 aromatic heterocycles. The number of hydrogen-bond acceptors (Lipinski definition) is 2. The molecule has 0 aromatic carbocycles. The molecule has 0 radical (unpaired) electrons. The summed E-state index contributed by atoms with van der Waals surface area (Å²) in [6.07, 6.45) is 7.63. The molecule has 2 N–H and O–H groups in total. The first-order chi connectivity index (χ1) is 7.55. The van der Waals surface area contributed by atoms with Gasteiger partial charge in [-0.25, -0.2) is 0 Å². The molecule has 0 saturated carbocycles. The van der Waals surface area contributed by atoms with Gasteiger partial charge in [-0.05, 0) is 31.1 Å². The number of aliphatic hydroxyl groups is 1. The first-order valence-electron chi connectivity index (χ1n) is 6.09. The van der Waals surface area contributed by atoms with E-state index in [0.29, 0.717) is 6.54 Å². The lowest BCUT2D eigenvalue weighted by Crippen LogP contribution is -2.37. The lowest BCUT2D eigenvalue weighted by molar-refractivity contribution is -0.125. The molecule has 1 rings (SSSR count). The Morgan fingerprint density at radius 3 is 2.62 bits per heavy atom. The lowest BCUT2D eigenvalue weighted by Gasteiger charge is -2.25. The van der Waals surface area contributed by atoms with Crippen LogP contribution in [0.5, 0.6) is 0 Å². The third-order valence-electron chi connectivity index (χ3n) is 3.13. The van der Waals surface area contributed by atoms with Gasteiger partial charge >= 0.3 is 0 Å². The Bertz CT molecular complexity index is 251. The second-order valence-corrected chi connectivity index (χ2v) is 5.35. The molecular weight excluding hydrogens is 202 g/mol. The molecule has 16 heavy (non-hydrogen) atoms. The van der Waals surface area contributed by atoms with Crippen molar-refractivity contribution >= 4 is 5.91 Å². The second kappa shape index (κ2) is 6.04. The SMILES string of the molecule is CC(C)(CCCO)CNC(=O)C1CC=CC1. The lowest BCUT2D eigenvalue weighted by atomic mass is 9.87. The first-order valence-corrected chi connectivity index (χ1v) is 6.09. The van der Waals surface area contributed by atoms with Crippen LogP contribution in [0.1, 0.15) is 39.5 Å². The van der Waals surface area contributed by atoms with Gasteiger partial charge in [0.1, 0.15) is 0 Å². The topological polar surface area (TPSA) is 49.3 Å². The first kappa shape index (κ1) is 13.2. The fourth-order valence-electron chi connectivity index (χ4n) is 1.95. The van der Waals surface area contributed by atoms with Crippen LogP contribution in [0.3, 0.4) is 0 Å². The van der Waals surface area contributed by atoms with E-state index in [4.69, 9.17) is 5.11 Å². The van der Waals surface area contributed by atoms with Crippen molar-refractivity contribution in [2.75, 3.05) is 13.2 Å². The highest BCUT2D eigenvalue weighted by Crippen LogP contribution is 2.22. The van der Waals surface area contributed by atoms with Gasteiger partial charge in [-0.3, -0.25) is 4.79 Å². The molecule has 0 aromatic rings. The van der Waals surface area contributed by atoms with Crippen molar-refractivity contribution in [3.8, 4) is 0 Å². The van der Waals surface area contributed by atoms with Gasteiger partial charge < -0.3 is 10.4 Å². The number of allylic oxidation sites excluding steroid dienone is 2. The normalized spacial score (nSPS) is 16.7. The molecule has 0 unspecified atom stereocenters. The molecule has 3 nitrogen and oxygen atoms in total. The van der Waals surface area contributed by atoms with Gasteiger partial charge in [0.05, 0.1) is 0 Å². The minimum atomic E-state index is 0.0738. The summed E-state index contributed by atoms with van der Waals surface area (Å²) >= 11 is 0. The van der Waals surface area contributed by atoms with Gasteiger partial charge in [-0.1, -0.05) is 26.0 Å². The molecule has 92 valence electrons. The number of hydrogen-bond donors (Lipinski definition) is 2. The monoisotopic (exact) mass is 225 g/mol. The molecule has 0 aliphatic heterocycles. The Morgan fingerprint density at radius 1 is 1.44 bits per heavy atom. The van der Waals surface area contributed by atoms with Crippen LogP contribution in [0.25, 0.3) is 0 Å². The zero-order valence-electron chi connectivity index (χ0n) is 10.3. The van der Waals surface area contributed by atoms with Crippen LogP contribution in [0.4, 0.5) is 0 Å². The maximum Gasteiger partial charge on any atom is 0.223 e. The molecule has 0 heterocycles. The maximum absolute atomic E-state index is 11.8. The predicted octanol–water partition coefficient (Wildman–Crippen LogP) is 1.87. The van der Waals surface area contributed by atoms with Crippen molar-refractivity contribution in [1.82, 2.24) is 5.32 Å². The molecule has 0 fully saturated rings. The molecule has 0 spiro atoms. The van der Waals surface area contributed by atoms with E-state index in [0.717, 1.165) is 25.7 Å². The number of carbonyl (C=O) groups is 1. The van der Waals surface area contributed by atoms with E-state index in [2.05, 4.69) is 31.3 Å². The summed E-state index contributed by atoms with van der Waals surface area (Å²) in [6.45, 7) is 5.16. The summed E-state index contributed by atoms with van der Waals surface area (Å²) in [5.41, 5.74) is 0.0738. The Balaban J connectivity index is 2.24. The Kier molecular flexibility index (Phi) is 5.00. The van der Waals surface area contributed by atoms with Gasteiger partial charge in [0, 0.05) is 19.1 Å². The maximum atomic E-state index is 11.8. The van der Waals surface area contributed by atoms with Gasteiger partial charge in [0.15, 0.2) is 0 Å².